The smallest absolute Gasteiger partial charge is 0.122 e. The summed E-state index contributed by atoms with van der Waals surface area (Å²) in [4.78, 5) is 2.29. The molecule has 1 heterocycles. The van der Waals surface area contributed by atoms with Crippen molar-refractivity contribution in [2.24, 2.45) is 5.73 Å². The van der Waals surface area contributed by atoms with E-state index in [1.807, 2.05) is 19.1 Å². The highest BCUT2D eigenvalue weighted by molar-refractivity contribution is 5.07. The van der Waals surface area contributed by atoms with Crippen LogP contribution in [0.1, 0.15) is 44.9 Å². The monoisotopic (exact) mass is 224 g/mol. The maximum atomic E-state index is 6.03. The average Bonchev–Trinajstić information content (AvgIpc) is 2.71. The van der Waals surface area contributed by atoms with Crippen LogP contribution in [0.2, 0.25) is 0 Å². The minimum atomic E-state index is 0.0813. The largest absolute Gasteiger partial charge is 0.468 e. The van der Waals surface area contributed by atoms with E-state index in [2.05, 4.69) is 18.9 Å². The molecular formula is C13H24N2O. The van der Waals surface area contributed by atoms with Gasteiger partial charge in [-0.15, -0.1) is 0 Å². The summed E-state index contributed by atoms with van der Waals surface area (Å²) in [5.41, 5.74) is 6.03. The summed E-state index contributed by atoms with van der Waals surface area (Å²) in [6.07, 6.45) is 5.45. The van der Waals surface area contributed by atoms with Gasteiger partial charge in [0, 0.05) is 6.04 Å². The minimum Gasteiger partial charge on any atom is -0.468 e. The van der Waals surface area contributed by atoms with Crippen molar-refractivity contribution in [3.05, 3.63) is 24.2 Å². The van der Waals surface area contributed by atoms with E-state index in [1.54, 1.807) is 6.26 Å². The van der Waals surface area contributed by atoms with Crippen molar-refractivity contribution in [1.29, 1.82) is 0 Å². The number of rotatable bonds is 7. The van der Waals surface area contributed by atoms with Crippen LogP contribution in [0.4, 0.5) is 0 Å². The minimum absolute atomic E-state index is 0.0813. The summed E-state index contributed by atoms with van der Waals surface area (Å²) in [5, 5.41) is 0. The molecule has 0 aliphatic heterocycles. The number of hydrogen-bond acceptors (Lipinski definition) is 3. The first-order chi connectivity index (χ1) is 7.66. The standard InChI is InChI=1S/C13H24N2O/c1-4-5-6-9-15(3)13(11(2)14)12-8-7-10-16-12/h7-8,10-11,13H,4-6,9,14H2,1-3H3. The van der Waals surface area contributed by atoms with Gasteiger partial charge >= 0.3 is 0 Å². The molecule has 3 heteroatoms. The van der Waals surface area contributed by atoms with Gasteiger partial charge in [0.15, 0.2) is 0 Å². The lowest BCUT2D eigenvalue weighted by Gasteiger charge is -2.29. The van der Waals surface area contributed by atoms with Crippen molar-refractivity contribution >= 4 is 0 Å². The van der Waals surface area contributed by atoms with Gasteiger partial charge in [0.1, 0.15) is 5.76 Å². The van der Waals surface area contributed by atoms with E-state index in [0.29, 0.717) is 0 Å². The number of nitrogens with two attached hydrogens (primary N) is 1. The Balaban J connectivity index is 2.56. The van der Waals surface area contributed by atoms with Crippen molar-refractivity contribution in [1.82, 2.24) is 4.90 Å². The zero-order chi connectivity index (χ0) is 12.0. The summed E-state index contributed by atoms with van der Waals surface area (Å²) in [5.74, 6) is 0.967. The van der Waals surface area contributed by atoms with Crippen LogP contribution >= 0.6 is 0 Å². The van der Waals surface area contributed by atoms with Gasteiger partial charge in [0.25, 0.3) is 0 Å². The molecule has 0 spiro atoms. The lowest BCUT2D eigenvalue weighted by atomic mass is 10.1. The van der Waals surface area contributed by atoms with E-state index in [1.165, 1.54) is 19.3 Å². The summed E-state index contributed by atoms with van der Waals surface area (Å²) in [7, 11) is 2.12. The molecule has 92 valence electrons. The van der Waals surface area contributed by atoms with Gasteiger partial charge in [-0.3, -0.25) is 4.90 Å². The SMILES string of the molecule is CCCCCN(C)C(c1ccco1)C(C)N. The summed E-state index contributed by atoms with van der Waals surface area (Å²) in [6, 6.07) is 4.19. The molecule has 3 nitrogen and oxygen atoms in total. The maximum absolute atomic E-state index is 6.03. The zero-order valence-corrected chi connectivity index (χ0v) is 10.6. The van der Waals surface area contributed by atoms with Gasteiger partial charge in [0.05, 0.1) is 12.3 Å². The Labute approximate surface area is 98.6 Å². The molecule has 2 unspecified atom stereocenters. The number of nitrogens with zero attached hydrogens (tertiary/aromatic N) is 1. The molecule has 0 amide bonds. The van der Waals surface area contributed by atoms with Crippen molar-refractivity contribution in [3.8, 4) is 0 Å². The van der Waals surface area contributed by atoms with Gasteiger partial charge in [-0.05, 0) is 39.1 Å². The molecule has 0 aromatic carbocycles. The fourth-order valence-electron chi connectivity index (χ4n) is 2.09. The third-order valence-electron chi connectivity index (χ3n) is 2.92. The third-order valence-corrected chi connectivity index (χ3v) is 2.92. The van der Waals surface area contributed by atoms with E-state index >= 15 is 0 Å². The predicted octanol–water partition coefficient (Wildman–Crippen LogP) is 2.79. The number of likely N-dealkylation sites (N-methyl/N-ethyl adjacent to an activating group) is 1. The fourth-order valence-corrected chi connectivity index (χ4v) is 2.09. The van der Waals surface area contributed by atoms with Crippen LogP contribution in [-0.2, 0) is 0 Å². The molecule has 1 aromatic heterocycles. The number of unbranched alkanes of at least 4 members (excludes halogenated alkanes) is 2. The molecule has 0 aliphatic carbocycles. The van der Waals surface area contributed by atoms with E-state index in [4.69, 9.17) is 10.2 Å². The molecular weight excluding hydrogens is 200 g/mol. The van der Waals surface area contributed by atoms with Crippen LogP contribution in [0.25, 0.3) is 0 Å². The highest BCUT2D eigenvalue weighted by Crippen LogP contribution is 2.22. The second kappa shape index (κ2) is 6.71. The molecule has 1 rings (SSSR count). The quantitative estimate of drug-likeness (QED) is 0.724. The Morgan fingerprint density at radius 1 is 1.44 bits per heavy atom. The van der Waals surface area contributed by atoms with Crippen LogP contribution in [0.3, 0.4) is 0 Å². The number of hydrogen-bond donors (Lipinski definition) is 1. The van der Waals surface area contributed by atoms with Gasteiger partial charge in [-0.2, -0.15) is 0 Å². The molecule has 0 radical (unpaired) electrons. The Hall–Kier alpha value is -0.800. The molecule has 16 heavy (non-hydrogen) atoms. The van der Waals surface area contributed by atoms with Crippen LogP contribution < -0.4 is 5.73 Å². The Morgan fingerprint density at radius 2 is 2.19 bits per heavy atom. The second-order valence-corrected chi connectivity index (χ2v) is 4.51. The summed E-state index contributed by atoms with van der Waals surface area (Å²) < 4.78 is 5.46. The summed E-state index contributed by atoms with van der Waals surface area (Å²) in [6.45, 7) is 5.32. The number of furan rings is 1. The van der Waals surface area contributed by atoms with E-state index in [0.717, 1.165) is 12.3 Å². The lowest BCUT2D eigenvalue weighted by molar-refractivity contribution is 0.188. The molecule has 1 aromatic rings. The summed E-state index contributed by atoms with van der Waals surface area (Å²) >= 11 is 0. The zero-order valence-electron chi connectivity index (χ0n) is 10.6. The first kappa shape index (κ1) is 13.3. The molecule has 0 saturated heterocycles. The van der Waals surface area contributed by atoms with Gasteiger partial charge < -0.3 is 10.2 Å². The van der Waals surface area contributed by atoms with Crippen LogP contribution in [0.15, 0.2) is 22.8 Å². The van der Waals surface area contributed by atoms with Gasteiger partial charge in [0.2, 0.25) is 0 Å². The van der Waals surface area contributed by atoms with Gasteiger partial charge in [-0.1, -0.05) is 19.8 Å². The molecule has 0 fully saturated rings. The second-order valence-electron chi connectivity index (χ2n) is 4.51. The first-order valence-corrected chi connectivity index (χ1v) is 6.16. The van der Waals surface area contributed by atoms with Crippen molar-refractivity contribution in [2.75, 3.05) is 13.6 Å². The third kappa shape index (κ3) is 3.65. The molecule has 0 saturated carbocycles. The average molecular weight is 224 g/mol. The van der Waals surface area contributed by atoms with Crippen molar-refractivity contribution in [2.45, 2.75) is 45.2 Å². The highest BCUT2D eigenvalue weighted by atomic mass is 16.3. The topological polar surface area (TPSA) is 42.4 Å². The highest BCUT2D eigenvalue weighted by Gasteiger charge is 2.22. The molecule has 0 bridgehead atoms. The Morgan fingerprint density at radius 3 is 2.69 bits per heavy atom. The molecule has 0 aliphatic rings. The van der Waals surface area contributed by atoms with E-state index in [-0.39, 0.29) is 12.1 Å². The predicted molar refractivity (Wildman–Crippen MR) is 67.3 cm³/mol. The van der Waals surface area contributed by atoms with Gasteiger partial charge in [-0.25, -0.2) is 0 Å². The van der Waals surface area contributed by atoms with E-state index in [9.17, 15) is 0 Å². The van der Waals surface area contributed by atoms with Crippen LogP contribution in [0, 0.1) is 0 Å². The molecule has 2 N–H and O–H groups in total. The normalized spacial score (nSPS) is 15.3. The Bertz CT molecular complexity index is 269. The lowest BCUT2D eigenvalue weighted by Crippen LogP contribution is -2.37. The fraction of sp³-hybridized carbons (Fsp3) is 0.692. The van der Waals surface area contributed by atoms with Crippen LogP contribution in [-0.4, -0.2) is 24.5 Å². The van der Waals surface area contributed by atoms with Crippen molar-refractivity contribution in [3.63, 3.8) is 0 Å². The molecule has 2 atom stereocenters. The van der Waals surface area contributed by atoms with Crippen LogP contribution in [0.5, 0.6) is 0 Å². The first-order valence-electron chi connectivity index (χ1n) is 6.16. The Kier molecular flexibility index (Phi) is 5.56. The van der Waals surface area contributed by atoms with Crippen molar-refractivity contribution < 1.29 is 4.42 Å². The van der Waals surface area contributed by atoms with E-state index < -0.39 is 0 Å². The maximum Gasteiger partial charge on any atom is 0.122 e.